The second-order valence-electron chi connectivity index (χ2n) is 5.06. The van der Waals surface area contributed by atoms with Gasteiger partial charge in [0.2, 0.25) is 5.91 Å². The highest BCUT2D eigenvalue weighted by Crippen LogP contribution is 2.19. The quantitative estimate of drug-likeness (QED) is 0.395. The first-order valence-electron chi connectivity index (χ1n) is 7.32. The molecule has 3 aromatic rings. The summed E-state index contributed by atoms with van der Waals surface area (Å²) in [6.07, 6.45) is 5.09. The topological polar surface area (TPSA) is 103 Å². The number of anilines is 1. The average Bonchev–Trinajstić information content (AvgIpc) is 3.26. The third kappa shape index (κ3) is 4.48. The van der Waals surface area contributed by atoms with E-state index in [-0.39, 0.29) is 17.3 Å². The van der Waals surface area contributed by atoms with Crippen LogP contribution < -0.4 is 5.32 Å². The van der Waals surface area contributed by atoms with Gasteiger partial charge in [0, 0.05) is 30.2 Å². The van der Waals surface area contributed by atoms with Crippen molar-refractivity contribution in [3.8, 4) is 0 Å². The Labute approximate surface area is 147 Å². The molecule has 25 heavy (non-hydrogen) atoms. The summed E-state index contributed by atoms with van der Waals surface area (Å²) in [6, 6.07) is 9.38. The zero-order valence-corrected chi connectivity index (χ0v) is 13.8. The molecule has 3 rings (SSSR count). The van der Waals surface area contributed by atoms with Crippen LogP contribution in [0.4, 0.5) is 11.4 Å². The molecule has 2 heterocycles. The number of hydrogen-bond acceptors (Lipinski definition) is 6. The molecule has 0 spiro atoms. The molecule has 0 fully saturated rings. The third-order valence-electron chi connectivity index (χ3n) is 3.28. The first-order valence-corrected chi connectivity index (χ1v) is 8.31. The number of furan rings is 1. The number of non-ortho nitro benzene ring substituents is 1. The molecule has 1 amide bonds. The molecule has 0 aliphatic rings. The third-order valence-corrected chi connectivity index (χ3v) is 4.28. The molecule has 0 saturated carbocycles. The van der Waals surface area contributed by atoms with Gasteiger partial charge in [-0.05, 0) is 24.3 Å². The lowest BCUT2D eigenvalue weighted by atomic mass is 10.3. The summed E-state index contributed by atoms with van der Waals surface area (Å²) < 4.78 is 7.20. The van der Waals surface area contributed by atoms with E-state index in [1.807, 2.05) is 22.9 Å². The Balaban J connectivity index is 1.54. The Hall–Kier alpha value is -3.07. The lowest BCUT2D eigenvalue weighted by Gasteiger charge is -2.07. The van der Waals surface area contributed by atoms with Crippen LogP contribution in [-0.4, -0.2) is 26.1 Å². The number of nitro groups is 1. The molecule has 0 aliphatic heterocycles. The van der Waals surface area contributed by atoms with Gasteiger partial charge in [-0.3, -0.25) is 14.9 Å². The molecular formula is C16H14N4O4S. The van der Waals surface area contributed by atoms with Crippen LogP contribution in [0.1, 0.15) is 5.76 Å². The van der Waals surface area contributed by atoms with E-state index in [1.165, 1.54) is 36.0 Å². The van der Waals surface area contributed by atoms with Crippen molar-refractivity contribution in [2.75, 3.05) is 11.1 Å². The van der Waals surface area contributed by atoms with Crippen molar-refractivity contribution in [1.29, 1.82) is 0 Å². The molecule has 0 unspecified atom stereocenters. The number of benzene rings is 1. The highest BCUT2D eigenvalue weighted by molar-refractivity contribution is 7.99. The summed E-state index contributed by atoms with van der Waals surface area (Å²) in [7, 11) is 0. The number of hydrogen-bond donors (Lipinski definition) is 1. The minimum atomic E-state index is -0.486. The lowest BCUT2D eigenvalue weighted by Crippen LogP contribution is -2.14. The highest BCUT2D eigenvalue weighted by atomic mass is 32.2. The summed E-state index contributed by atoms with van der Waals surface area (Å²) in [6.45, 7) is 0.541. The van der Waals surface area contributed by atoms with E-state index >= 15 is 0 Å². The number of imidazole rings is 1. The Kier molecular flexibility index (Phi) is 5.14. The Bertz CT molecular complexity index is 859. The van der Waals surface area contributed by atoms with E-state index < -0.39 is 4.92 Å². The second kappa shape index (κ2) is 7.67. The maximum Gasteiger partial charge on any atom is 0.269 e. The maximum absolute atomic E-state index is 12.0. The number of nitrogens with one attached hydrogen (secondary N) is 1. The van der Waals surface area contributed by atoms with E-state index in [4.69, 9.17) is 4.42 Å². The zero-order valence-electron chi connectivity index (χ0n) is 13.0. The first kappa shape index (κ1) is 16.8. The van der Waals surface area contributed by atoms with E-state index in [2.05, 4.69) is 10.3 Å². The average molecular weight is 358 g/mol. The van der Waals surface area contributed by atoms with Gasteiger partial charge >= 0.3 is 0 Å². The number of aromatic nitrogens is 2. The fraction of sp³-hybridized carbons (Fsp3) is 0.125. The van der Waals surface area contributed by atoms with Crippen molar-refractivity contribution < 1.29 is 14.1 Å². The monoisotopic (exact) mass is 358 g/mol. The summed E-state index contributed by atoms with van der Waals surface area (Å²) >= 11 is 1.30. The number of carbonyl (C=O) groups excluding carboxylic acids is 1. The predicted molar refractivity (Wildman–Crippen MR) is 92.5 cm³/mol. The van der Waals surface area contributed by atoms with Crippen molar-refractivity contribution in [3.05, 3.63) is 70.9 Å². The van der Waals surface area contributed by atoms with Gasteiger partial charge < -0.3 is 14.3 Å². The van der Waals surface area contributed by atoms with E-state index in [0.29, 0.717) is 17.4 Å². The van der Waals surface area contributed by atoms with Gasteiger partial charge in [-0.15, -0.1) is 0 Å². The molecule has 8 nitrogen and oxygen atoms in total. The lowest BCUT2D eigenvalue weighted by molar-refractivity contribution is -0.384. The van der Waals surface area contributed by atoms with Gasteiger partial charge in [0.05, 0.1) is 23.5 Å². The Morgan fingerprint density at radius 2 is 2.12 bits per heavy atom. The standard InChI is InChI=1S/C16H14N4O4S/c21-15(18-12-3-5-13(6-4-12)20(22)23)11-25-16-17-7-8-19(16)10-14-2-1-9-24-14/h1-9H,10-11H2,(H,18,21). The summed E-state index contributed by atoms with van der Waals surface area (Å²) in [5.74, 6) is 0.758. The molecule has 0 bridgehead atoms. The fourth-order valence-corrected chi connectivity index (χ4v) is 2.88. The van der Waals surface area contributed by atoms with Gasteiger partial charge in [-0.2, -0.15) is 0 Å². The van der Waals surface area contributed by atoms with Crippen LogP contribution in [0, 0.1) is 10.1 Å². The number of amides is 1. The van der Waals surface area contributed by atoms with E-state index in [0.717, 1.165) is 5.76 Å². The Morgan fingerprint density at radius 1 is 1.32 bits per heavy atom. The summed E-state index contributed by atoms with van der Waals surface area (Å²) in [5.41, 5.74) is 0.488. The molecule has 1 aromatic carbocycles. The van der Waals surface area contributed by atoms with Gasteiger partial charge in [0.25, 0.3) is 5.69 Å². The summed E-state index contributed by atoms with van der Waals surface area (Å²) in [5, 5.41) is 14.0. The molecule has 0 aliphatic carbocycles. The summed E-state index contributed by atoms with van der Waals surface area (Å²) in [4.78, 5) is 26.4. The second-order valence-corrected chi connectivity index (χ2v) is 6.00. The molecule has 0 saturated heterocycles. The van der Waals surface area contributed by atoms with E-state index in [1.54, 1.807) is 12.5 Å². The van der Waals surface area contributed by atoms with Gasteiger partial charge in [0.1, 0.15) is 5.76 Å². The minimum absolute atomic E-state index is 0.0210. The molecule has 0 radical (unpaired) electrons. The van der Waals surface area contributed by atoms with Crippen molar-refractivity contribution in [2.45, 2.75) is 11.7 Å². The Morgan fingerprint density at radius 3 is 2.80 bits per heavy atom. The normalized spacial score (nSPS) is 10.6. The van der Waals surface area contributed by atoms with Crippen LogP contribution in [0.15, 0.2) is 64.6 Å². The number of carbonyl (C=O) groups is 1. The highest BCUT2D eigenvalue weighted by Gasteiger charge is 2.10. The smallest absolute Gasteiger partial charge is 0.269 e. The van der Waals surface area contributed by atoms with Crippen LogP contribution in [0.25, 0.3) is 0 Å². The number of thioether (sulfide) groups is 1. The maximum atomic E-state index is 12.0. The van der Waals surface area contributed by atoms with Gasteiger partial charge in [-0.25, -0.2) is 4.98 Å². The molecule has 1 N–H and O–H groups in total. The van der Waals surface area contributed by atoms with Crippen molar-refractivity contribution in [3.63, 3.8) is 0 Å². The first-order chi connectivity index (χ1) is 12.1. The SMILES string of the molecule is O=C(CSc1nccn1Cc1ccco1)Nc1ccc([N+](=O)[O-])cc1. The molecule has 128 valence electrons. The van der Waals surface area contributed by atoms with E-state index in [9.17, 15) is 14.9 Å². The van der Waals surface area contributed by atoms with Crippen LogP contribution in [0.5, 0.6) is 0 Å². The number of rotatable bonds is 7. The minimum Gasteiger partial charge on any atom is -0.467 e. The van der Waals surface area contributed by atoms with Crippen LogP contribution >= 0.6 is 11.8 Å². The molecule has 9 heteroatoms. The largest absolute Gasteiger partial charge is 0.467 e. The zero-order chi connectivity index (χ0) is 17.6. The number of nitro benzene ring substituents is 1. The van der Waals surface area contributed by atoms with Crippen molar-refractivity contribution in [2.24, 2.45) is 0 Å². The fourth-order valence-electron chi connectivity index (χ4n) is 2.12. The van der Waals surface area contributed by atoms with Crippen LogP contribution in [-0.2, 0) is 11.3 Å². The van der Waals surface area contributed by atoms with Gasteiger partial charge in [-0.1, -0.05) is 11.8 Å². The van der Waals surface area contributed by atoms with Gasteiger partial charge in [0.15, 0.2) is 5.16 Å². The van der Waals surface area contributed by atoms with Crippen molar-refractivity contribution in [1.82, 2.24) is 9.55 Å². The van der Waals surface area contributed by atoms with Crippen LogP contribution in [0.2, 0.25) is 0 Å². The van der Waals surface area contributed by atoms with Crippen molar-refractivity contribution >= 4 is 29.0 Å². The molecule has 2 aromatic heterocycles. The molecule has 0 atom stereocenters. The van der Waals surface area contributed by atoms with Crippen LogP contribution in [0.3, 0.4) is 0 Å². The predicted octanol–water partition coefficient (Wildman–Crippen LogP) is 3.16. The molecular weight excluding hydrogens is 344 g/mol. The number of nitrogens with zero attached hydrogens (tertiary/aromatic N) is 3.